The number of hydrogen-bond donors (Lipinski definition) is 1. The molecule has 1 N–H and O–H groups in total. The fourth-order valence-electron chi connectivity index (χ4n) is 2.24. The van der Waals surface area contributed by atoms with E-state index in [0.29, 0.717) is 0 Å². The highest BCUT2D eigenvalue weighted by molar-refractivity contribution is 14.0. The summed E-state index contributed by atoms with van der Waals surface area (Å²) in [4.78, 5) is 11.0. The van der Waals surface area contributed by atoms with Crippen LogP contribution in [0.5, 0.6) is 0 Å². The largest absolute Gasteiger partial charge is 0.357 e. The lowest BCUT2D eigenvalue weighted by Gasteiger charge is -2.22. The Hall–Kier alpha value is -1.63. The minimum atomic E-state index is 0. The Morgan fingerprint density at radius 3 is 2.52 bits per heavy atom. The molecule has 0 atom stereocenters. The van der Waals surface area contributed by atoms with E-state index in [2.05, 4.69) is 59.5 Å². The van der Waals surface area contributed by atoms with Crippen LogP contribution in [-0.2, 0) is 13.0 Å². The minimum absolute atomic E-state index is 0. The first kappa shape index (κ1) is 19.4. The van der Waals surface area contributed by atoms with Crippen molar-refractivity contribution in [3.8, 4) is 0 Å². The second kappa shape index (κ2) is 11.0. The molecule has 1 heterocycles. The highest BCUT2D eigenvalue weighted by Crippen LogP contribution is 2.03. The molecule has 0 amide bonds. The van der Waals surface area contributed by atoms with Crippen LogP contribution in [0.3, 0.4) is 0 Å². The molecule has 0 spiro atoms. The minimum Gasteiger partial charge on any atom is -0.357 e. The molecule has 0 saturated carbocycles. The number of aromatic nitrogens is 1. The van der Waals surface area contributed by atoms with E-state index in [1.165, 1.54) is 11.1 Å². The van der Waals surface area contributed by atoms with Gasteiger partial charge < -0.3 is 10.2 Å². The summed E-state index contributed by atoms with van der Waals surface area (Å²) in [7, 11) is 2.07. The molecule has 5 heteroatoms. The molecule has 1 aromatic heterocycles. The zero-order valence-electron chi connectivity index (χ0n) is 13.8. The number of nitrogens with zero attached hydrogens (tertiary/aromatic N) is 3. The number of pyridine rings is 1. The normalized spacial score (nSPS) is 10.8. The third-order valence-corrected chi connectivity index (χ3v) is 3.34. The van der Waals surface area contributed by atoms with Crippen molar-refractivity contribution in [1.82, 2.24) is 15.2 Å². The lowest BCUT2D eigenvalue weighted by atomic mass is 10.2. The van der Waals surface area contributed by atoms with Crippen molar-refractivity contribution in [2.24, 2.45) is 4.99 Å². The van der Waals surface area contributed by atoms with Gasteiger partial charge in [-0.3, -0.25) is 9.98 Å². The van der Waals surface area contributed by atoms with Crippen molar-refractivity contribution < 1.29 is 0 Å². The van der Waals surface area contributed by atoms with Crippen molar-refractivity contribution in [2.45, 2.75) is 19.9 Å². The molecule has 0 fully saturated rings. The van der Waals surface area contributed by atoms with E-state index >= 15 is 0 Å². The Kier molecular flexibility index (Phi) is 9.28. The Morgan fingerprint density at radius 1 is 1.13 bits per heavy atom. The summed E-state index contributed by atoms with van der Waals surface area (Å²) in [6.45, 7) is 4.56. The Bertz CT molecular complexity index is 572. The molecular formula is C18H25IN4. The molecule has 0 radical (unpaired) electrons. The van der Waals surface area contributed by atoms with Crippen LogP contribution in [-0.4, -0.2) is 36.0 Å². The van der Waals surface area contributed by atoms with Crippen molar-refractivity contribution in [3.63, 3.8) is 0 Å². The van der Waals surface area contributed by atoms with Crippen molar-refractivity contribution in [2.75, 3.05) is 20.1 Å². The summed E-state index contributed by atoms with van der Waals surface area (Å²) in [6.07, 6.45) is 4.60. The Morgan fingerprint density at radius 2 is 1.87 bits per heavy atom. The maximum absolute atomic E-state index is 4.71. The van der Waals surface area contributed by atoms with Gasteiger partial charge in [0.25, 0.3) is 0 Å². The molecule has 0 aliphatic heterocycles. The first-order valence-electron chi connectivity index (χ1n) is 7.72. The van der Waals surface area contributed by atoms with E-state index < -0.39 is 0 Å². The molecule has 124 valence electrons. The van der Waals surface area contributed by atoms with Crippen LogP contribution in [0.1, 0.15) is 18.1 Å². The highest BCUT2D eigenvalue weighted by Gasteiger charge is 2.05. The van der Waals surface area contributed by atoms with Crippen LogP contribution < -0.4 is 5.32 Å². The predicted octanol–water partition coefficient (Wildman–Crippen LogP) is 3.34. The average molecular weight is 424 g/mol. The highest BCUT2D eigenvalue weighted by atomic mass is 127. The van der Waals surface area contributed by atoms with Gasteiger partial charge in [-0.25, -0.2) is 0 Å². The molecule has 0 aliphatic rings. The topological polar surface area (TPSA) is 40.5 Å². The van der Waals surface area contributed by atoms with E-state index in [-0.39, 0.29) is 24.0 Å². The van der Waals surface area contributed by atoms with Crippen molar-refractivity contribution in [1.29, 1.82) is 0 Å². The van der Waals surface area contributed by atoms with Gasteiger partial charge in [-0.1, -0.05) is 36.4 Å². The Balaban J connectivity index is 0.00000264. The fourth-order valence-corrected chi connectivity index (χ4v) is 2.24. The maximum atomic E-state index is 4.71. The summed E-state index contributed by atoms with van der Waals surface area (Å²) in [5, 5.41) is 3.35. The van der Waals surface area contributed by atoms with Gasteiger partial charge in [-0.15, -0.1) is 24.0 Å². The number of rotatable bonds is 6. The van der Waals surface area contributed by atoms with Gasteiger partial charge >= 0.3 is 0 Å². The van der Waals surface area contributed by atoms with Gasteiger partial charge in [0.1, 0.15) is 0 Å². The predicted molar refractivity (Wildman–Crippen MR) is 107 cm³/mol. The number of hydrogen-bond acceptors (Lipinski definition) is 2. The average Bonchev–Trinajstić information content (AvgIpc) is 2.56. The standard InChI is InChI=1S/C18H24N4.HI/c1-3-20-18(21-13-11-16-10-7-12-19-14-16)22(2)15-17-8-5-4-6-9-17;/h4-10,12,14H,3,11,13,15H2,1-2H3,(H,20,21);1H. The summed E-state index contributed by atoms with van der Waals surface area (Å²) in [5.74, 6) is 0.940. The molecule has 2 aromatic rings. The molecule has 4 nitrogen and oxygen atoms in total. The van der Waals surface area contributed by atoms with E-state index in [0.717, 1.165) is 32.0 Å². The van der Waals surface area contributed by atoms with Gasteiger partial charge in [0, 0.05) is 39.1 Å². The third kappa shape index (κ3) is 6.99. The van der Waals surface area contributed by atoms with Gasteiger partial charge in [0.15, 0.2) is 5.96 Å². The fraction of sp³-hybridized carbons (Fsp3) is 0.333. The summed E-state index contributed by atoms with van der Waals surface area (Å²) >= 11 is 0. The van der Waals surface area contributed by atoms with Crippen molar-refractivity contribution >= 4 is 29.9 Å². The van der Waals surface area contributed by atoms with Gasteiger partial charge in [0.05, 0.1) is 0 Å². The molecule has 0 saturated heterocycles. The molecular weight excluding hydrogens is 399 g/mol. The van der Waals surface area contributed by atoms with Gasteiger partial charge in [-0.2, -0.15) is 0 Å². The quantitative estimate of drug-likeness (QED) is 0.440. The number of halogens is 1. The van der Waals surface area contributed by atoms with Crippen LogP contribution >= 0.6 is 24.0 Å². The van der Waals surface area contributed by atoms with Crippen LogP contribution in [0.2, 0.25) is 0 Å². The monoisotopic (exact) mass is 424 g/mol. The van der Waals surface area contributed by atoms with Crippen molar-refractivity contribution in [3.05, 3.63) is 66.0 Å². The molecule has 0 unspecified atom stereocenters. The summed E-state index contributed by atoms with van der Waals surface area (Å²) in [6, 6.07) is 14.5. The lowest BCUT2D eigenvalue weighted by molar-refractivity contribution is 0.477. The molecule has 2 rings (SSSR count). The van der Waals surface area contributed by atoms with E-state index in [1.54, 1.807) is 6.20 Å². The summed E-state index contributed by atoms with van der Waals surface area (Å²) in [5.41, 5.74) is 2.50. The SMILES string of the molecule is CCNC(=NCCc1cccnc1)N(C)Cc1ccccc1.I. The molecule has 23 heavy (non-hydrogen) atoms. The van der Waals surface area contributed by atoms with Gasteiger partial charge in [-0.05, 0) is 30.5 Å². The number of nitrogens with one attached hydrogen (secondary N) is 1. The second-order valence-corrected chi connectivity index (χ2v) is 5.19. The zero-order chi connectivity index (χ0) is 15.6. The van der Waals surface area contributed by atoms with Crippen LogP contribution in [0.25, 0.3) is 0 Å². The number of aliphatic imine (C=N–C) groups is 1. The molecule has 1 aromatic carbocycles. The molecule has 0 aliphatic carbocycles. The third-order valence-electron chi connectivity index (χ3n) is 3.34. The zero-order valence-corrected chi connectivity index (χ0v) is 16.1. The van der Waals surface area contributed by atoms with Crippen LogP contribution in [0.15, 0.2) is 59.9 Å². The van der Waals surface area contributed by atoms with Crippen LogP contribution in [0.4, 0.5) is 0 Å². The maximum Gasteiger partial charge on any atom is 0.193 e. The van der Waals surface area contributed by atoms with Gasteiger partial charge in [0.2, 0.25) is 0 Å². The van der Waals surface area contributed by atoms with Crippen LogP contribution in [0, 0.1) is 0 Å². The number of guanidine groups is 1. The smallest absolute Gasteiger partial charge is 0.193 e. The molecule has 0 bridgehead atoms. The van der Waals surface area contributed by atoms with E-state index in [1.807, 2.05) is 18.3 Å². The lowest BCUT2D eigenvalue weighted by Crippen LogP contribution is -2.38. The Labute approximate surface area is 156 Å². The first-order valence-corrected chi connectivity index (χ1v) is 7.72. The number of benzene rings is 1. The first-order chi connectivity index (χ1) is 10.8. The van der Waals surface area contributed by atoms with E-state index in [9.17, 15) is 0 Å². The second-order valence-electron chi connectivity index (χ2n) is 5.19. The summed E-state index contributed by atoms with van der Waals surface area (Å²) < 4.78 is 0. The van der Waals surface area contributed by atoms with E-state index in [4.69, 9.17) is 4.99 Å².